The zero-order valence-corrected chi connectivity index (χ0v) is 8.98. The molecule has 0 aromatic rings. The van der Waals surface area contributed by atoms with Crippen molar-refractivity contribution in [2.75, 3.05) is 13.1 Å². The zero-order valence-electron chi connectivity index (χ0n) is 8.98. The zero-order chi connectivity index (χ0) is 11.4. The molecule has 0 aromatic carbocycles. The monoisotopic (exact) mass is 214 g/mol. The molecule has 0 aromatic heterocycles. The molecule has 2 atom stereocenters. The van der Waals surface area contributed by atoms with Crippen LogP contribution in [0.1, 0.15) is 26.2 Å². The number of likely N-dealkylation sites (tertiary alicyclic amines) is 1. The average Bonchev–Trinajstić information content (AvgIpc) is 2.26. The van der Waals surface area contributed by atoms with Crippen molar-refractivity contribution in [3.63, 3.8) is 0 Å². The van der Waals surface area contributed by atoms with Crippen molar-refractivity contribution in [3.8, 4) is 0 Å². The minimum atomic E-state index is -0.809. The van der Waals surface area contributed by atoms with Crippen LogP contribution in [0.3, 0.4) is 0 Å². The van der Waals surface area contributed by atoms with Crippen LogP contribution in [-0.4, -0.2) is 41.0 Å². The molecular weight excluding hydrogens is 196 g/mol. The molecule has 5 nitrogen and oxygen atoms in total. The van der Waals surface area contributed by atoms with Gasteiger partial charge in [-0.1, -0.05) is 6.92 Å². The lowest BCUT2D eigenvalue weighted by atomic mass is 9.87. The molecule has 1 aliphatic heterocycles. The summed E-state index contributed by atoms with van der Waals surface area (Å²) in [5.74, 6) is -1.39. The lowest BCUT2D eigenvalue weighted by molar-refractivity contribution is -0.149. The van der Waals surface area contributed by atoms with Gasteiger partial charge in [-0.25, -0.2) is 0 Å². The van der Waals surface area contributed by atoms with Gasteiger partial charge in [-0.2, -0.15) is 0 Å². The predicted octanol–water partition coefficient (Wildman–Crippen LogP) is 0.0469. The minimum Gasteiger partial charge on any atom is -0.481 e. The van der Waals surface area contributed by atoms with E-state index in [1.807, 2.05) is 6.92 Å². The van der Waals surface area contributed by atoms with E-state index in [4.69, 9.17) is 10.8 Å². The molecule has 1 fully saturated rings. The van der Waals surface area contributed by atoms with Crippen LogP contribution in [0.2, 0.25) is 0 Å². The number of nitrogens with zero attached hydrogens (tertiary/aromatic N) is 1. The van der Waals surface area contributed by atoms with E-state index in [1.54, 1.807) is 4.90 Å². The number of carboxylic acids is 1. The Morgan fingerprint density at radius 2 is 2.20 bits per heavy atom. The summed E-state index contributed by atoms with van der Waals surface area (Å²) in [5, 5.41) is 9.04. The first-order valence-electron chi connectivity index (χ1n) is 5.34. The number of piperidine rings is 1. The SMILES string of the molecule is CC[C@@H]1[C@@H](C(=O)O)CCCN1C(=O)CN. The average molecular weight is 214 g/mol. The van der Waals surface area contributed by atoms with Gasteiger partial charge in [-0.3, -0.25) is 9.59 Å². The second kappa shape index (κ2) is 5.11. The molecule has 0 bridgehead atoms. The molecule has 86 valence electrons. The summed E-state index contributed by atoms with van der Waals surface area (Å²) in [4.78, 5) is 24.2. The van der Waals surface area contributed by atoms with Crippen LogP contribution in [-0.2, 0) is 9.59 Å². The van der Waals surface area contributed by atoms with Gasteiger partial charge < -0.3 is 15.7 Å². The van der Waals surface area contributed by atoms with E-state index < -0.39 is 11.9 Å². The van der Waals surface area contributed by atoms with Crippen molar-refractivity contribution in [2.24, 2.45) is 11.7 Å². The van der Waals surface area contributed by atoms with Crippen LogP contribution in [0.25, 0.3) is 0 Å². The molecule has 1 heterocycles. The molecular formula is C10H18N2O3. The van der Waals surface area contributed by atoms with Crippen LogP contribution in [0, 0.1) is 5.92 Å². The number of nitrogens with two attached hydrogens (primary N) is 1. The number of hydrogen-bond acceptors (Lipinski definition) is 3. The first kappa shape index (κ1) is 12.0. The summed E-state index contributed by atoms with van der Waals surface area (Å²) in [6, 6.07) is -0.188. The highest BCUT2D eigenvalue weighted by atomic mass is 16.4. The van der Waals surface area contributed by atoms with Crippen LogP contribution < -0.4 is 5.73 Å². The highest BCUT2D eigenvalue weighted by Gasteiger charge is 2.36. The lowest BCUT2D eigenvalue weighted by Crippen LogP contribution is -2.52. The summed E-state index contributed by atoms with van der Waals surface area (Å²) < 4.78 is 0. The molecule has 1 aliphatic rings. The molecule has 1 saturated heterocycles. The van der Waals surface area contributed by atoms with Crippen molar-refractivity contribution in [1.82, 2.24) is 4.90 Å². The highest BCUT2D eigenvalue weighted by Crippen LogP contribution is 2.26. The molecule has 0 spiro atoms. The van der Waals surface area contributed by atoms with Gasteiger partial charge in [0.2, 0.25) is 5.91 Å². The maximum Gasteiger partial charge on any atom is 0.308 e. The minimum absolute atomic E-state index is 0.0389. The van der Waals surface area contributed by atoms with E-state index in [9.17, 15) is 9.59 Å². The Kier molecular flexibility index (Phi) is 4.08. The summed E-state index contributed by atoms with van der Waals surface area (Å²) in [6.07, 6.45) is 2.07. The first-order chi connectivity index (χ1) is 7.11. The molecule has 0 radical (unpaired) electrons. The Morgan fingerprint density at radius 1 is 1.53 bits per heavy atom. The summed E-state index contributed by atoms with van der Waals surface area (Å²) in [5.41, 5.74) is 5.30. The third-order valence-corrected chi connectivity index (χ3v) is 3.01. The van der Waals surface area contributed by atoms with Gasteiger partial charge in [0.25, 0.3) is 0 Å². The quantitative estimate of drug-likeness (QED) is 0.695. The molecule has 1 amide bonds. The highest BCUT2D eigenvalue weighted by molar-refractivity contribution is 5.80. The molecule has 15 heavy (non-hydrogen) atoms. The number of aliphatic carboxylic acids is 1. The smallest absolute Gasteiger partial charge is 0.308 e. The van der Waals surface area contributed by atoms with E-state index in [1.165, 1.54) is 0 Å². The topological polar surface area (TPSA) is 83.6 Å². The number of rotatable bonds is 3. The molecule has 3 N–H and O–H groups in total. The van der Waals surface area contributed by atoms with Crippen LogP contribution in [0.4, 0.5) is 0 Å². The number of carbonyl (C=O) groups excluding carboxylic acids is 1. The van der Waals surface area contributed by atoms with E-state index in [0.29, 0.717) is 19.4 Å². The van der Waals surface area contributed by atoms with E-state index in [0.717, 1.165) is 6.42 Å². The second-order valence-corrected chi connectivity index (χ2v) is 3.85. The van der Waals surface area contributed by atoms with Gasteiger partial charge in [0.05, 0.1) is 12.5 Å². The van der Waals surface area contributed by atoms with Gasteiger partial charge >= 0.3 is 5.97 Å². The van der Waals surface area contributed by atoms with E-state index in [-0.39, 0.29) is 18.5 Å². The number of carboxylic acid groups (broad SMARTS) is 1. The fourth-order valence-electron chi connectivity index (χ4n) is 2.28. The Labute approximate surface area is 89.2 Å². The maximum atomic E-state index is 11.5. The number of carbonyl (C=O) groups is 2. The molecule has 0 saturated carbocycles. The Bertz CT molecular complexity index is 255. The molecule has 0 aliphatic carbocycles. The van der Waals surface area contributed by atoms with Crippen LogP contribution in [0.15, 0.2) is 0 Å². The third-order valence-electron chi connectivity index (χ3n) is 3.01. The summed E-state index contributed by atoms with van der Waals surface area (Å²) >= 11 is 0. The predicted molar refractivity (Wildman–Crippen MR) is 55.2 cm³/mol. The second-order valence-electron chi connectivity index (χ2n) is 3.85. The largest absolute Gasteiger partial charge is 0.481 e. The van der Waals surface area contributed by atoms with E-state index in [2.05, 4.69) is 0 Å². The molecule has 1 rings (SSSR count). The fraction of sp³-hybridized carbons (Fsp3) is 0.800. The van der Waals surface area contributed by atoms with Gasteiger partial charge in [0.15, 0.2) is 0 Å². The van der Waals surface area contributed by atoms with Gasteiger partial charge in [-0.15, -0.1) is 0 Å². The summed E-state index contributed by atoms with van der Waals surface area (Å²) in [6.45, 7) is 2.50. The third kappa shape index (κ3) is 2.47. The van der Waals surface area contributed by atoms with Crippen molar-refractivity contribution in [1.29, 1.82) is 0 Å². The summed E-state index contributed by atoms with van der Waals surface area (Å²) in [7, 11) is 0. The first-order valence-corrected chi connectivity index (χ1v) is 5.34. The number of hydrogen-bond donors (Lipinski definition) is 2. The Balaban J connectivity index is 2.79. The van der Waals surface area contributed by atoms with Gasteiger partial charge in [0, 0.05) is 12.6 Å². The normalized spacial score (nSPS) is 26.4. The van der Waals surface area contributed by atoms with Crippen molar-refractivity contribution >= 4 is 11.9 Å². The van der Waals surface area contributed by atoms with E-state index >= 15 is 0 Å². The Hall–Kier alpha value is -1.10. The molecule has 5 heteroatoms. The van der Waals surface area contributed by atoms with Crippen molar-refractivity contribution < 1.29 is 14.7 Å². The fourth-order valence-corrected chi connectivity index (χ4v) is 2.28. The van der Waals surface area contributed by atoms with Crippen molar-refractivity contribution in [3.05, 3.63) is 0 Å². The van der Waals surface area contributed by atoms with Gasteiger partial charge in [-0.05, 0) is 19.3 Å². The van der Waals surface area contributed by atoms with Crippen molar-refractivity contribution in [2.45, 2.75) is 32.2 Å². The van der Waals surface area contributed by atoms with Crippen LogP contribution >= 0.6 is 0 Å². The van der Waals surface area contributed by atoms with Gasteiger partial charge in [0.1, 0.15) is 0 Å². The number of amides is 1. The lowest BCUT2D eigenvalue weighted by Gasteiger charge is -2.39. The standard InChI is InChI=1S/C10H18N2O3/c1-2-8-7(10(14)15)4-3-5-12(8)9(13)6-11/h7-8H,2-6,11H2,1H3,(H,14,15)/t7-,8+/m0/s1. The molecule has 0 unspecified atom stereocenters. The van der Waals surface area contributed by atoms with Crippen LogP contribution in [0.5, 0.6) is 0 Å². The maximum absolute atomic E-state index is 11.5. The Morgan fingerprint density at radius 3 is 2.67 bits per heavy atom.